The van der Waals surface area contributed by atoms with Gasteiger partial charge in [0.1, 0.15) is 0 Å². The lowest BCUT2D eigenvalue weighted by Crippen LogP contribution is -2.43. The highest BCUT2D eigenvalue weighted by atomic mass is 16.3. The summed E-state index contributed by atoms with van der Waals surface area (Å²) in [7, 11) is 0. The molecule has 0 aliphatic heterocycles. The third kappa shape index (κ3) is 4.00. The minimum absolute atomic E-state index is 0.213. The SMILES string of the molecule is CC[C@@H](CO)NC(=O)C(=O)Nc1cccc(-c2nnnn2C2CC2)c1. The van der Waals surface area contributed by atoms with Gasteiger partial charge in [0.25, 0.3) is 0 Å². The van der Waals surface area contributed by atoms with E-state index in [2.05, 4.69) is 26.2 Å². The number of aliphatic hydroxyl groups is 1. The Labute approximate surface area is 144 Å². The summed E-state index contributed by atoms with van der Waals surface area (Å²) in [5.74, 6) is -0.936. The minimum Gasteiger partial charge on any atom is -0.394 e. The summed E-state index contributed by atoms with van der Waals surface area (Å²) in [6.07, 6.45) is 2.64. The zero-order valence-corrected chi connectivity index (χ0v) is 13.8. The van der Waals surface area contributed by atoms with E-state index in [9.17, 15) is 9.59 Å². The number of tetrazole rings is 1. The quantitative estimate of drug-likeness (QED) is 0.656. The summed E-state index contributed by atoms with van der Waals surface area (Å²) in [6, 6.07) is 6.91. The summed E-state index contributed by atoms with van der Waals surface area (Å²) in [5, 5.41) is 25.9. The molecule has 1 aliphatic rings. The average Bonchev–Trinajstić information content (AvgIpc) is 3.36. The molecule has 1 aliphatic carbocycles. The lowest BCUT2D eigenvalue weighted by molar-refractivity contribution is -0.136. The van der Waals surface area contributed by atoms with E-state index in [0.29, 0.717) is 24.0 Å². The van der Waals surface area contributed by atoms with Gasteiger partial charge >= 0.3 is 11.8 Å². The Morgan fingerprint density at radius 2 is 2.16 bits per heavy atom. The second-order valence-corrected chi connectivity index (χ2v) is 5.97. The fraction of sp³-hybridized carbons (Fsp3) is 0.438. The van der Waals surface area contributed by atoms with E-state index < -0.39 is 17.9 Å². The van der Waals surface area contributed by atoms with Crippen molar-refractivity contribution in [3.8, 4) is 11.4 Å². The first-order valence-electron chi connectivity index (χ1n) is 8.23. The molecule has 1 fully saturated rings. The zero-order valence-electron chi connectivity index (χ0n) is 13.8. The van der Waals surface area contributed by atoms with Gasteiger partial charge in [0, 0.05) is 11.3 Å². The first-order chi connectivity index (χ1) is 12.1. The van der Waals surface area contributed by atoms with Gasteiger partial charge in [0.15, 0.2) is 5.82 Å². The monoisotopic (exact) mass is 344 g/mol. The van der Waals surface area contributed by atoms with E-state index in [1.54, 1.807) is 22.9 Å². The van der Waals surface area contributed by atoms with E-state index in [1.165, 1.54) is 0 Å². The van der Waals surface area contributed by atoms with Crippen LogP contribution in [0.1, 0.15) is 32.2 Å². The number of aromatic nitrogens is 4. The summed E-state index contributed by atoms with van der Waals surface area (Å²) < 4.78 is 1.78. The highest BCUT2D eigenvalue weighted by molar-refractivity contribution is 6.39. The van der Waals surface area contributed by atoms with Crippen LogP contribution < -0.4 is 10.6 Å². The van der Waals surface area contributed by atoms with Crippen molar-refractivity contribution in [1.82, 2.24) is 25.5 Å². The van der Waals surface area contributed by atoms with Crippen molar-refractivity contribution in [2.24, 2.45) is 0 Å². The first kappa shape index (κ1) is 17.0. The second kappa shape index (κ2) is 7.39. The third-order valence-corrected chi connectivity index (χ3v) is 4.02. The van der Waals surface area contributed by atoms with Crippen molar-refractivity contribution in [2.75, 3.05) is 11.9 Å². The Hall–Kier alpha value is -2.81. The number of rotatable bonds is 6. The molecule has 0 radical (unpaired) electrons. The summed E-state index contributed by atoms with van der Waals surface area (Å²) in [5.41, 5.74) is 1.23. The maximum atomic E-state index is 12.0. The van der Waals surface area contributed by atoms with Gasteiger partial charge in [-0.1, -0.05) is 19.1 Å². The Morgan fingerprint density at radius 3 is 2.84 bits per heavy atom. The number of hydrogen-bond donors (Lipinski definition) is 3. The molecule has 1 aromatic heterocycles. The fourth-order valence-electron chi connectivity index (χ4n) is 2.40. The molecule has 0 unspecified atom stereocenters. The van der Waals surface area contributed by atoms with Gasteiger partial charge in [-0.05, 0) is 41.8 Å². The van der Waals surface area contributed by atoms with Crippen molar-refractivity contribution >= 4 is 17.5 Å². The molecule has 0 saturated heterocycles. The molecule has 2 amide bonds. The maximum Gasteiger partial charge on any atom is 0.313 e. The Balaban J connectivity index is 1.70. The van der Waals surface area contributed by atoms with Crippen LogP contribution >= 0.6 is 0 Å². The summed E-state index contributed by atoms with van der Waals surface area (Å²) in [6.45, 7) is 1.60. The van der Waals surface area contributed by atoms with Crippen molar-refractivity contribution in [3.05, 3.63) is 24.3 Å². The highest BCUT2D eigenvalue weighted by Gasteiger charge is 2.28. The van der Waals surface area contributed by atoms with Gasteiger partial charge < -0.3 is 15.7 Å². The molecule has 25 heavy (non-hydrogen) atoms. The molecular formula is C16H20N6O3. The van der Waals surface area contributed by atoms with Gasteiger partial charge in [-0.3, -0.25) is 9.59 Å². The fourth-order valence-corrected chi connectivity index (χ4v) is 2.40. The van der Waals surface area contributed by atoms with Crippen LogP contribution in [0, 0.1) is 0 Å². The second-order valence-electron chi connectivity index (χ2n) is 5.97. The molecule has 132 valence electrons. The van der Waals surface area contributed by atoms with Crippen LogP contribution in [0.25, 0.3) is 11.4 Å². The Bertz CT molecular complexity index is 767. The lowest BCUT2D eigenvalue weighted by atomic mass is 10.2. The van der Waals surface area contributed by atoms with Crippen LogP contribution in [0.4, 0.5) is 5.69 Å². The topological polar surface area (TPSA) is 122 Å². The first-order valence-corrected chi connectivity index (χ1v) is 8.23. The Kier molecular flexibility index (Phi) is 5.03. The predicted octanol–water partition coefficient (Wildman–Crippen LogP) is 0.501. The minimum atomic E-state index is -0.786. The number of amides is 2. The molecule has 1 aromatic carbocycles. The van der Waals surface area contributed by atoms with Crippen molar-refractivity contribution in [3.63, 3.8) is 0 Å². The standard InChI is InChI=1S/C16H20N6O3/c1-2-11(9-23)17-15(24)16(25)18-12-5-3-4-10(8-12)14-19-20-21-22(14)13-6-7-13/h3-5,8,11,13,23H,2,6-7,9H2,1H3,(H,17,24)(H,18,25)/t11-/m0/s1. The van der Waals surface area contributed by atoms with E-state index >= 15 is 0 Å². The number of hydrogen-bond acceptors (Lipinski definition) is 6. The molecule has 1 saturated carbocycles. The van der Waals surface area contributed by atoms with Crippen LogP contribution in [0.15, 0.2) is 24.3 Å². The van der Waals surface area contributed by atoms with Gasteiger partial charge in [0.05, 0.1) is 18.7 Å². The Morgan fingerprint density at radius 1 is 1.36 bits per heavy atom. The van der Waals surface area contributed by atoms with E-state index in [-0.39, 0.29) is 6.61 Å². The largest absolute Gasteiger partial charge is 0.394 e. The lowest BCUT2D eigenvalue weighted by Gasteiger charge is -2.13. The van der Waals surface area contributed by atoms with E-state index in [1.807, 2.05) is 13.0 Å². The van der Waals surface area contributed by atoms with Crippen LogP contribution in [0.3, 0.4) is 0 Å². The number of nitrogens with one attached hydrogen (secondary N) is 2. The van der Waals surface area contributed by atoms with Crippen molar-refractivity contribution in [2.45, 2.75) is 38.3 Å². The van der Waals surface area contributed by atoms with Gasteiger partial charge in [-0.15, -0.1) is 5.10 Å². The summed E-state index contributed by atoms with van der Waals surface area (Å²) in [4.78, 5) is 23.9. The number of nitrogens with zero attached hydrogens (tertiary/aromatic N) is 4. The van der Waals surface area contributed by atoms with Crippen molar-refractivity contribution < 1.29 is 14.7 Å². The molecule has 2 aromatic rings. The maximum absolute atomic E-state index is 12.0. The molecular weight excluding hydrogens is 324 g/mol. The zero-order chi connectivity index (χ0) is 17.8. The molecule has 0 bridgehead atoms. The number of benzene rings is 1. The number of carbonyl (C=O) groups is 2. The predicted molar refractivity (Wildman–Crippen MR) is 89.5 cm³/mol. The third-order valence-electron chi connectivity index (χ3n) is 4.02. The van der Waals surface area contributed by atoms with E-state index in [0.717, 1.165) is 18.4 Å². The van der Waals surface area contributed by atoms with Crippen molar-refractivity contribution in [1.29, 1.82) is 0 Å². The van der Waals surface area contributed by atoms with Crippen LogP contribution in [-0.4, -0.2) is 49.8 Å². The summed E-state index contributed by atoms with van der Waals surface area (Å²) >= 11 is 0. The van der Waals surface area contributed by atoms with Gasteiger partial charge in [0.2, 0.25) is 0 Å². The average molecular weight is 344 g/mol. The number of anilines is 1. The molecule has 1 atom stereocenters. The smallest absolute Gasteiger partial charge is 0.313 e. The van der Waals surface area contributed by atoms with Gasteiger partial charge in [-0.25, -0.2) is 4.68 Å². The van der Waals surface area contributed by atoms with Crippen LogP contribution in [0.2, 0.25) is 0 Å². The van der Waals surface area contributed by atoms with Crippen LogP contribution in [0.5, 0.6) is 0 Å². The van der Waals surface area contributed by atoms with Gasteiger partial charge in [-0.2, -0.15) is 0 Å². The number of aliphatic hydroxyl groups excluding tert-OH is 1. The molecule has 1 heterocycles. The molecule has 3 rings (SSSR count). The highest BCUT2D eigenvalue weighted by Crippen LogP contribution is 2.36. The molecule has 9 nitrogen and oxygen atoms in total. The normalized spacial score (nSPS) is 14.8. The number of carbonyl (C=O) groups excluding carboxylic acids is 2. The van der Waals surface area contributed by atoms with E-state index in [4.69, 9.17) is 5.11 Å². The van der Waals surface area contributed by atoms with Crippen LogP contribution in [-0.2, 0) is 9.59 Å². The molecule has 9 heteroatoms. The molecule has 3 N–H and O–H groups in total. The molecule has 0 spiro atoms.